The molecule has 0 aromatic heterocycles. The summed E-state index contributed by atoms with van der Waals surface area (Å²) in [6.07, 6.45) is 2.71. The third-order valence-corrected chi connectivity index (χ3v) is 4.96. The number of hydrogen-bond donors (Lipinski definition) is 1. The van der Waals surface area contributed by atoms with Crippen LogP contribution in [0.2, 0.25) is 0 Å². The molecule has 1 rings (SSSR count). The van der Waals surface area contributed by atoms with Crippen molar-refractivity contribution in [3.8, 4) is 0 Å². The summed E-state index contributed by atoms with van der Waals surface area (Å²) in [6.45, 7) is 4.64. The average Bonchev–Trinajstić information content (AvgIpc) is 2.41. The smallest absolute Gasteiger partial charge is 0.211 e. The molecule has 0 bridgehead atoms. The molecule has 0 aliphatic carbocycles. The molecule has 0 spiro atoms. The highest BCUT2D eigenvalue weighted by Crippen LogP contribution is 2.13. The molecule has 0 heterocycles. The lowest BCUT2D eigenvalue weighted by Gasteiger charge is -2.13. The molecule has 0 amide bonds. The van der Waals surface area contributed by atoms with Gasteiger partial charge in [0.25, 0.3) is 0 Å². The van der Waals surface area contributed by atoms with Crippen molar-refractivity contribution >= 4 is 21.6 Å². The van der Waals surface area contributed by atoms with E-state index in [0.29, 0.717) is 23.2 Å². The van der Waals surface area contributed by atoms with Crippen LogP contribution in [0.5, 0.6) is 0 Å². The van der Waals surface area contributed by atoms with Gasteiger partial charge in [-0.05, 0) is 30.0 Å². The zero-order valence-electron chi connectivity index (χ0n) is 11.5. The van der Waals surface area contributed by atoms with Crippen LogP contribution in [-0.4, -0.2) is 20.8 Å². The molecular formula is C14H22ClNO2S. The van der Waals surface area contributed by atoms with E-state index in [4.69, 9.17) is 11.6 Å². The fourth-order valence-electron chi connectivity index (χ4n) is 1.83. The second-order valence-corrected chi connectivity index (χ2v) is 6.76. The van der Waals surface area contributed by atoms with E-state index in [-0.39, 0.29) is 0 Å². The molecule has 3 nitrogen and oxygen atoms in total. The van der Waals surface area contributed by atoms with E-state index >= 15 is 0 Å². The Balaban J connectivity index is 2.71. The van der Waals surface area contributed by atoms with Crippen LogP contribution in [0.15, 0.2) is 29.2 Å². The molecule has 0 saturated heterocycles. The number of nitrogens with one attached hydrogen (secondary N) is 1. The number of benzene rings is 1. The highest BCUT2D eigenvalue weighted by Gasteiger charge is 2.15. The van der Waals surface area contributed by atoms with E-state index in [1.807, 2.05) is 12.1 Å². The number of rotatable bonds is 8. The molecule has 1 aromatic carbocycles. The summed E-state index contributed by atoms with van der Waals surface area (Å²) in [5.41, 5.74) is 1.05. The molecule has 19 heavy (non-hydrogen) atoms. The fourth-order valence-corrected chi connectivity index (χ4v) is 3.17. The van der Waals surface area contributed by atoms with E-state index < -0.39 is 10.0 Å². The Morgan fingerprint density at radius 2 is 1.74 bits per heavy atom. The third-order valence-electron chi connectivity index (χ3n) is 3.33. The van der Waals surface area contributed by atoms with Crippen LogP contribution in [0.4, 0.5) is 0 Å². The number of alkyl halides is 1. The van der Waals surface area contributed by atoms with E-state index in [0.717, 1.165) is 24.8 Å². The highest BCUT2D eigenvalue weighted by atomic mass is 35.5. The maximum absolute atomic E-state index is 12.1. The standard InChI is InChI=1S/C14H22ClNO2S/c1-3-12(4-2)11-16-19(17,18)14-7-5-13(6-8-14)9-10-15/h5-8,12,16H,3-4,9-11H2,1-2H3. The molecule has 0 aliphatic heterocycles. The van der Waals surface area contributed by atoms with Gasteiger partial charge < -0.3 is 0 Å². The van der Waals surface area contributed by atoms with Gasteiger partial charge in [-0.1, -0.05) is 38.8 Å². The lowest BCUT2D eigenvalue weighted by atomic mass is 10.0. The van der Waals surface area contributed by atoms with Gasteiger partial charge in [0.05, 0.1) is 4.90 Å². The van der Waals surface area contributed by atoms with E-state index in [9.17, 15) is 8.42 Å². The van der Waals surface area contributed by atoms with Crippen molar-refractivity contribution in [2.24, 2.45) is 5.92 Å². The van der Waals surface area contributed by atoms with Crippen LogP contribution in [0.1, 0.15) is 32.3 Å². The molecule has 1 aromatic rings. The highest BCUT2D eigenvalue weighted by molar-refractivity contribution is 7.89. The summed E-state index contributed by atoms with van der Waals surface area (Å²) in [7, 11) is -3.39. The van der Waals surface area contributed by atoms with Gasteiger partial charge in [0.15, 0.2) is 0 Å². The molecule has 0 fully saturated rings. The molecule has 0 unspecified atom stereocenters. The lowest BCUT2D eigenvalue weighted by Crippen LogP contribution is -2.29. The zero-order valence-corrected chi connectivity index (χ0v) is 13.1. The largest absolute Gasteiger partial charge is 0.240 e. The number of halogens is 1. The predicted molar refractivity (Wildman–Crippen MR) is 80.1 cm³/mol. The first-order valence-corrected chi connectivity index (χ1v) is 8.69. The maximum atomic E-state index is 12.1. The summed E-state index contributed by atoms with van der Waals surface area (Å²) in [5.74, 6) is 0.934. The Kier molecular flexibility index (Phi) is 6.83. The molecule has 1 N–H and O–H groups in total. The second kappa shape index (κ2) is 7.88. The van der Waals surface area contributed by atoms with Crippen molar-refractivity contribution in [1.82, 2.24) is 4.72 Å². The van der Waals surface area contributed by atoms with E-state index in [2.05, 4.69) is 18.6 Å². The molecule has 0 saturated carbocycles. The molecular weight excluding hydrogens is 282 g/mol. The van der Waals surface area contributed by atoms with Gasteiger partial charge in [-0.15, -0.1) is 11.6 Å². The zero-order chi connectivity index (χ0) is 14.3. The first-order chi connectivity index (χ1) is 9.03. The van der Waals surface area contributed by atoms with E-state index in [1.54, 1.807) is 12.1 Å². The molecule has 0 radical (unpaired) electrons. The minimum atomic E-state index is -3.39. The van der Waals surface area contributed by atoms with E-state index in [1.165, 1.54) is 0 Å². The van der Waals surface area contributed by atoms with Crippen LogP contribution in [0.25, 0.3) is 0 Å². The van der Waals surface area contributed by atoms with Crippen LogP contribution in [-0.2, 0) is 16.4 Å². The van der Waals surface area contributed by atoms with Crippen molar-refractivity contribution in [3.05, 3.63) is 29.8 Å². The quantitative estimate of drug-likeness (QED) is 0.750. The second-order valence-electron chi connectivity index (χ2n) is 4.62. The van der Waals surface area contributed by atoms with Gasteiger partial charge in [0, 0.05) is 12.4 Å². The van der Waals surface area contributed by atoms with Crippen molar-refractivity contribution in [1.29, 1.82) is 0 Å². The molecule has 5 heteroatoms. The van der Waals surface area contributed by atoms with Gasteiger partial charge >= 0.3 is 0 Å². The van der Waals surface area contributed by atoms with Gasteiger partial charge in [-0.2, -0.15) is 0 Å². The van der Waals surface area contributed by atoms with Crippen molar-refractivity contribution in [2.45, 2.75) is 38.0 Å². The Morgan fingerprint density at radius 3 is 2.21 bits per heavy atom. The van der Waals surface area contributed by atoms with Gasteiger partial charge in [0.1, 0.15) is 0 Å². The van der Waals surface area contributed by atoms with Gasteiger partial charge in [0.2, 0.25) is 10.0 Å². The first-order valence-electron chi connectivity index (χ1n) is 6.68. The summed E-state index contributed by atoms with van der Waals surface area (Å²) in [6, 6.07) is 6.90. The van der Waals surface area contributed by atoms with Crippen LogP contribution in [0, 0.1) is 5.92 Å². The first kappa shape index (κ1) is 16.5. The van der Waals surface area contributed by atoms with Crippen molar-refractivity contribution < 1.29 is 8.42 Å². The van der Waals surface area contributed by atoms with Crippen molar-refractivity contribution in [2.75, 3.05) is 12.4 Å². The molecule has 0 atom stereocenters. The summed E-state index contributed by atoms with van der Waals surface area (Å²) in [4.78, 5) is 0.316. The van der Waals surface area contributed by atoms with Crippen LogP contribution >= 0.6 is 11.6 Å². The fraction of sp³-hybridized carbons (Fsp3) is 0.571. The van der Waals surface area contributed by atoms with Gasteiger partial charge in [-0.3, -0.25) is 0 Å². The number of sulfonamides is 1. The average molecular weight is 304 g/mol. The number of aryl methyl sites for hydroxylation is 1. The van der Waals surface area contributed by atoms with Crippen LogP contribution < -0.4 is 4.72 Å². The predicted octanol–water partition coefficient (Wildman–Crippen LogP) is 3.18. The monoisotopic (exact) mass is 303 g/mol. The van der Waals surface area contributed by atoms with Gasteiger partial charge in [-0.25, -0.2) is 13.1 Å². The molecule has 0 aliphatic rings. The Hall–Kier alpha value is -0.580. The third kappa shape index (κ3) is 5.13. The molecule has 108 valence electrons. The summed E-state index contributed by atoms with van der Waals surface area (Å²) in [5, 5.41) is 0. The minimum Gasteiger partial charge on any atom is -0.211 e. The summed E-state index contributed by atoms with van der Waals surface area (Å²) >= 11 is 5.65. The normalized spacial score (nSPS) is 12.0. The number of hydrogen-bond acceptors (Lipinski definition) is 2. The minimum absolute atomic E-state index is 0.316. The SMILES string of the molecule is CCC(CC)CNS(=O)(=O)c1ccc(CCCl)cc1. The maximum Gasteiger partial charge on any atom is 0.240 e. The van der Waals surface area contributed by atoms with Crippen molar-refractivity contribution in [3.63, 3.8) is 0 Å². The Bertz CT molecular complexity index is 467. The Labute approximate surface area is 121 Å². The topological polar surface area (TPSA) is 46.2 Å². The Morgan fingerprint density at radius 1 is 1.16 bits per heavy atom. The van der Waals surface area contributed by atoms with Crippen LogP contribution in [0.3, 0.4) is 0 Å². The lowest BCUT2D eigenvalue weighted by molar-refractivity contribution is 0.479. The summed E-state index contributed by atoms with van der Waals surface area (Å²) < 4.78 is 26.9.